The SMILES string of the molecule is N#C/N=C(\NCc1cccc(N)c1)NCc1ccnc2[nH]ccc12. The van der Waals surface area contributed by atoms with Gasteiger partial charge in [0.1, 0.15) is 5.65 Å². The molecule has 24 heavy (non-hydrogen) atoms. The van der Waals surface area contributed by atoms with Crippen molar-refractivity contribution in [2.45, 2.75) is 13.1 Å². The van der Waals surface area contributed by atoms with Crippen LogP contribution in [0.5, 0.6) is 0 Å². The minimum Gasteiger partial charge on any atom is -0.399 e. The molecule has 0 unspecified atom stereocenters. The molecule has 0 aliphatic rings. The summed E-state index contributed by atoms with van der Waals surface area (Å²) >= 11 is 0. The molecule has 7 nitrogen and oxygen atoms in total. The predicted molar refractivity (Wildman–Crippen MR) is 93.7 cm³/mol. The fraction of sp³-hybridized carbons (Fsp3) is 0.118. The van der Waals surface area contributed by atoms with Crippen LogP contribution in [-0.4, -0.2) is 15.9 Å². The number of benzene rings is 1. The molecule has 7 heteroatoms. The van der Waals surface area contributed by atoms with E-state index in [1.54, 1.807) is 12.4 Å². The highest BCUT2D eigenvalue weighted by molar-refractivity contribution is 5.82. The standard InChI is InChI=1S/C17H17N7/c18-11-24-17(22-9-12-2-1-3-14(19)8-12)23-10-13-4-6-20-16-15(13)5-7-21-16/h1-8H,9-10,19H2,(H,20,21)(H2,22,23,24). The largest absolute Gasteiger partial charge is 0.399 e. The molecule has 5 N–H and O–H groups in total. The molecule has 2 aromatic heterocycles. The number of guanidine groups is 1. The maximum Gasteiger partial charge on any atom is 0.209 e. The Labute approximate surface area is 139 Å². The second kappa shape index (κ2) is 7.15. The molecule has 0 bridgehead atoms. The molecule has 120 valence electrons. The number of fused-ring (bicyclic) bond motifs is 1. The number of rotatable bonds is 4. The number of pyridine rings is 1. The monoisotopic (exact) mass is 319 g/mol. The highest BCUT2D eigenvalue weighted by Gasteiger charge is 2.05. The van der Waals surface area contributed by atoms with Crippen molar-refractivity contribution in [3.8, 4) is 6.19 Å². The van der Waals surface area contributed by atoms with Crippen molar-refractivity contribution in [3.05, 3.63) is 59.9 Å². The van der Waals surface area contributed by atoms with Crippen LogP contribution in [0.25, 0.3) is 11.0 Å². The number of H-pyrrole nitrogens is 1. The van der Waals surface area contributed by atoms with Crippen molar-refractivity contribution in [3.63, 3.8) is 0 Å². The van der Waals surface area contributed by atoms with Crippen LogP contribution in [0.4, 0.5) is 5.69 Å². The average molecular weight is 319 g/mol. The maximum absolute atomic E-state index is 8.86. The Hall–Kier alpha value is -3.53. The van der Waals surface area contributed by atoms with Gasteiger partial charge in [0.25, 0.3) is 0 Å². The first-order chi connectivity index (χ1) is 11.8. The summed E-state index contributed by atoms with van der Waals surface area (Å²) in [5, 5.41) is 16.2. The number of anilines is 1. The van der Waals surface area contributed by atoms with Crippen LogP contribution >= 0.6 is 0 Å². The molecule has 0 spiro atoms. The maximum atomic E-state index is 8.86. The van der Waals surface area contributed by atoms with E-state index in [2.05, 4.69) is 25.6 Å². The molecule has 0 amide bonds. The van der Waals surface area contributed by atoms with Crippen LogP contribution in [0.15, 0.2) is 53.8 Å². The third-order valence-corrected chi connectivity index (χ3v) is 3.57. The molecule has 3 rings (SSSR count). The second-order valence-corrected chi connectivity index (χ2v) is 5.22. The molecule has 3 aromatic rings. The Bertz CT molecular complexity index is 904. The van der Waals surface area contributed by atoms with Crippen molar-refractivity contribution in [1.29, 1.82) is 5.26 Å². The lowest BCUT2D eigenvalue weighted by atomic mass is 10.2. The van der Waals surface area contributed by atoms with Crippen LogP contribution < -0.4 is 16.4 Å². The van der Waals surface area contributed by atoms with Crippen LogP contribution in [0, 0.1) is 11.5 Å². The quantitative estimate of drug-likeness (QED) is 0.254. The van der Waals surface area contributed by atoms with Crippen molar-refractivity contribution in [1.82, 2.24) is 20.6 Å². The second-order valence-electron chi connectivity index (χ2n) is 5.22. The van der Waals surface area contributed by atoms with E-state index in [0.29, 0.717) is 24.7 Å². The summed E-state index contributed by atoms with van der Waals surface area (Å²) in [6, 6.07) is 11.5. The summed E-state index contributed by atoms with van der Waals surface area (Å²) in [6.45, 7) is 1.05. The Kier molecular flexibility index (Phi) is 4.58. The van der Waals surface area contributed by atoms with Crippen molar-refractivity contribution >= 4 is 22.7 Å². The number of nitrogens with two attached hydrogens (primary N) is 1. The van der Waals surface area contributed by atoms with Crippen molar-refractivity contribution in [2.24, 2.45) is 4.99 Å². The average Bonchev–Trinajstić information content (AvgIpc) is 3.07. The van der Waals surface area contributed by atoms with Gasteiger partial charge in [0.2, 0.25) is 12.2 Å². The fourth-order valence-corrected chi connectivity index (χ4v) is 2.43. The van der Waals surface area contributed by atoms with E-state index in [1.807, 2.05) is 42.6 Å². The van der Waals surface area contributed by atoms with Crippen molar-refractivity contribution < 1.29 is 0 Å². The lowest BCUT2D eigenvalue weighted by Gasteiger charge is -2.12. The van der Waals surface area contributed by atoms with E-state index in [-0.39, 0.29) is 0 Å². The van der Waals surface area contributed by atoms with Gasteiger partial charge in [0.15, 0.2) is 0 Å². The van der Waals surface area contributed by atoms with Gasteiger partial charge >= 0.3 is 0 Å². The number of nitrogen functional groups attached to an aromatic ring is 1. The summed E-state index contributed by atoms with van der Waals surface area (Å²) in [5.41, 5.74) is 9.38. The molecule has 0 atom stereocenters. The molecule has 0 aliphatic heterocycles. The van der Waals surface area contributed by atoms with E-state index in [4.69, 9.17) is 11.0 Å². The van der Waals surface area contributed by atoms with Crippen LogP contribution in [0.2, 0.25) is 0 Å². The van der Waals surface area contributed by atoms with Gasteiger partial charge in [0, 0.05) is 36.6 Å². The van der Waals surface area contributed by atoms with Gasteiger partial charge in [-0.2, -0.15) is 5.26 Å². The first-order valence-corrected chi connectivity index (χ1v) is 7.46. The Morgan fingerprint density at radius 2 is 2.12 bits per heavy atom. The zero-order valence-corrected chi connectivity index (χ0v) is 13.0. The van der Waals surface area contributed by atoms with Gasteiger partial charge in [-0.1, -0.05) is 12.1 Å². The lowest BCUT2D eigenvalue weighted by molar-refractivity contribution is 0.815. The summed E-state index contributed by atoms with van der Waals surface area (Å²) in [4.78, 5) is 11.1. The van der Waals surface area contributed by atoms with Gasteiger partial charge in [-0.3, -0.25) is 0 Å². The zero-order chi connectivity index (χ0) is 16.8. The summed E-state index contributed by atoms with van der Waals surface area (Å²) in [7, 11) is 0. The van der Waals surface area contributed by atoms with Crippen molar-refractivity contribution in [2.75, 3.05) is 5.73 Å². The minimum atomic E-state index is 0.417. The summed E-state index contributed by atoms with van der Waals surface area (Å²) in [6.07, 6.45) is 5.40. The Morgan fingerprint density at radius 1 is 1.25 bits per heavy atom. The van der Waals surface area contributed by atoms with Gasteiger partial charge in [-0.25, -0.2) is 4.98 Å². The molecule has 0 saturated heterocycles. The van der Waals surface area contributed by atoms with E-state index >= 15 is 0 Å². The van der Waals surface area contributed by atoms with E-state index in [9.17, 15) is 0 Å². The molecule has 0 aliphatic carbocycles. The first kappa shape index (κ1) is 15.4. The summed E-state index contributed by atoms with van der Waals surface area (Å²) < 4.78 is 0. The molecular weight excluding hydrogens is 302 g/mol. The van der Waals surface area contributed by atoms with Gasteiger partial charge in [-0.05, 0) is 35.4 Å². The topological polar surface area (TPSA) is 115 Å². The highest BCUT2D eigenvalue weighted by atomic mass is 15.2. The third kappa shape index (κ3) is 3.62. The molecule has 0 saturated carbocycles. The van der Waals surface area contributed by atoms with Crippen LogP contribution in [0.3, 0.4) is 0 Å². The first-order valence-electron chi connectivity index (χ1n) is 7.46. The number of nitrogens with zero attached hydrogens (tertiary/aromatic N) is 3. The normalized spacial score (nSPS) is 11.2. The molecule has 2 heterocycles. The minimum absolute atomic E-state index is 0.417. The molecule has 0 fully saturated rings. The third-order valence-electron chi connectivity index (χ3n) is 3.57. The number of nitriles is 1. The van der Waals surface area contributed by atoms with Gasteiger partial charge < -0.3 is 21.4 Å². The smallest absolute Gasteiger partial charge is 0.209 e. The zero-order valence-electron chi connectivity index (χ0n) is 13.0. The predicted octanol–water partition coefficient (Wildman–Crippen LogP) is 1.86. The number of nitrogens with one attached hydrogen (secondary N) is 3. The molecule has 0 radical (unpaired) electrons. The Balaban J connectivity index is 1.65. The number of hydrogen-bond donors (Lipinski definition) is 4. The number of aliphatic imine (C=N–C) groups is 1. The fourth-order valence-electron chi connectivity index (χ4n) is 2.43. The van der Waals surface area contributed by atoms with Gasteiger partial charge in [0.05, 0.1) is 0 Å². The number of aromatic nitrogens is 2. The van der Waals surface area contributed by atoms with E-state index in [0.717, 1.165) is 22.2 Å². The molecular formula is C17H17N7. The number of aromatic amines is 1. The number of hydrogen-bond acceptors (Lipinski definition) is 4. The highest BCUT2D eigenvalue weighted by Crippen LogP contribution is 2.14. The van der Waals surface area contributed by atoms with E-state index < -0.39 is 0 Å². The van der Waals surface area contributed by atoms with Crippen LogP contribution in [-0.2, 0) is 13.1 Å². The van der Waals surface area contributed by atoms with Crippen LogP contribution in [0.1, 0.15) is 11.1 Å². The molecule has 1 aromatic carbocycles. The Morgan fingerprint density at radius 3 is 2.96 bits per heavy atom. The lowest BCUT2D eigenvalue weighted by Crippen LogP contribution is -2.36. The van der Waals surface area contributed by atoms with E-state index in [1.165, 1.54) is 0 Å². The van der Waals surface area contributed by atoms with Gasteiger partial charge in [-0.15, -0.1) is 4.99 Å². The summed E-state index contributed by atoms with van der Waals surface area (Å²) in [5.74, 6) is 0.417.